The van der Waals surface area contributed by atoms with E-state index in [0.717, 1.165) is 19.4 Å². The van der Waals surface area contributed by atoms with Gasteiger partial charge in [0.05, 0.1) is 24.0 Å². The lowest BCUT2D eigenvalue weighted by Crippen LogP contribution is -2.43. The average molecular weight is 504 g/mol. The van der Waals surface area contributed by atoms with Gasteiger partial charge in [-0.15, -0.1) is 0 Å². The van der Waals surface area contributed by atoms with E-state index in [1.165, 1.54) is 12.1 Å². The fourth-order valence-electron chi connectivity index (χ4n) is 4.44. The number of piperidine rings is 1. The normalized spacial score (nSPS) is 21.1. The molecule has 7 nitrogen and oxygen atoms in total. The Hall–Kier alpha value is -2.91. The first-order valence-corrected chi connectivity index (χ1v) is 13.0. The second kappa shape index (κ2) is 9.03. The molecule has 0 bridgehead atoms. The minimum atomic E-state index is -3.39. The van der Waals surface area contributed by atoms with Crippen molar-refractivity contribution in [1.82, 2.24) is 9.97 Å². The number of ether oxygens (including phenoxy) is 2. The monoisotopic (exact) mass is 503 g/mol. The van der Waals surface area contributed by atoms with Crippen LogP contribution in [-0.4, -0.2) is 43.5 Å². The van der Waals surface area contributed by atoms with Gasteiger partial charge in [0.1, 0.15) is 10.6 Å². The number of fused-ring (bicyclic) bond motifs is 1. The predicted octanol–water partition coefficient (Wildman–Crippen LogP) is 4.74. The van der Waals surface area contributed by atoms with Crippen molar-refractivity contribution in [3.05, 3.63) is 59.6 Å². The molecular formula is C24H23ClFN3O4S. The number of hydrogen-bond donors (Lipinski definition) is 0. The highest BCUT2D eigenvalue weighted by Gasteiger charge is 2.29. The van der Waals surface area contributed by atoms with Gasteiger partial charge in [-0.05, 0) is 61.1 Å². The molecular weight excluding hydrogens is 481 g/mol. The molecule has 1 saturated heterocycles. The predicted molar refractivity (Wildman–Crippen MR) is 127 cm³/mol. The highest BCUT2D eigenvalue weighted by molar-refractivity contribution is 7.91. The molecule has 0 N–H and O–H groups in total. The molecule has 0 amide bonds. The van der Waals surface area contributed by atoms with Crippen LogP contribution in [0.5, 0.6) is 11.5 Å². The maximum absolute atomic E-state index is 14.8. The summed E-state index contributed by atoms with van der Waals surface area (Å²) in [7, 11) is -3.39. The van der Waals surface area contributed by atoms with Crippen LogP contribution in [0.15, 0.2) is 53.7 Å². The summed E-state index contributed by atoms with van der Waals surface area (Å²) < 4.78 is 49.7. The Morgan fingerprint density at radius 2 is 1.91 bits per heavy atom. The lowest BCUT2D eigenvalue weighted by Gasteiger charge is -2.37. The molecule has 10 heteroatoms. The van der Waals surface area contributed by atoms with Crippen LogP contribution >= 0.6 is 11.6 Å². The van der Waals surface area contributed by atoms with Crippen LogP contribution in [-0.2, 0) is 9.84 Å². The average Bonchev–Trinajstić information content (AvgIpc) is 3.13. The quantitative estimate of drug-likeness (QED) is 0.497. The summed E-state index contributed by atoms with van der Waals surface area (Å²) in [5, 5.41) is 0.505. The number of anilines is 1. The minimum Gasteiger partial charge on any atom is -0.490 e. The second-order valence-corrected chi connectivity index (χ2v) is 11.0. The van der Waals surface area contributed by atoms with Gasteiger partial charge in [0, 0.05) is 12.6 Å². The Bertz CT molecular complexity index is 1320. The van der Waals surface area contributed by atoms with E-state index in [0.29, 0.717) is 34.5 Å². The molecule has 34 heavy (non-hydrogen) atoms. The fraction of sp³-hybridized carbons (Fsp3) is 0.333. The third-order valence-corrected chi connectivity index (χ3v) is 7.87. The highest BCUT2D eigenvalue weighted by Crippen LogP contribution is 2.36. The molecule has 2 aliphatic heterocycles. The number of benzene rings is 2. The van der Waals surface area contributed by atoms with Crippen molar-refractivity contribution < 1.29 is 22.3 Å². The zero-order valence-electron chi connectivity index (χ0n) is 18.4. The summed E-state index contributed by atoms with van der Waals surface area (Å²) in [5.41, 5.74) is 1.29. The van der Waals surface area contributed by atoms with Crippen molar-refractivity contribution >= 4 is 27.4 Å². The van der Waals surface area contributed by atoms with Crippen molar-refractivity contribution in [2.24, 2.45) is 5.92 Å². The Morgan fingerprint density at radius 1 is 1.18 bits per heavy atom. The lowest BCUT2D eigenvalue weighted by molar-refractivity contribution is 0.202. The molecule has 2 aromatic carbocycles. The van der Waals surface area contributed by atoms with Crippen LogP contribution in [0, 0.1) is 11.7 Å². The van der Waals surface area contributed by atoms with Gasteiger partial charge in [-0.1, -0.05) is 23.7 Å². The summed E-state index contributed by atoms with van der Waals surface area (Å²) in [6, 6.07) is 9.75. The lowest BCUT2D eigenvalue weighted by atomic mass is 9.92. The van der Waals surface area contributed by atoms with E-state index in [1.807, 2.05) is 0 Å². The summed E-state index contributed by atoms with van der Waals surface area (Å²) in [6.07, 6.45) is 4.95. The highest BCUT2D eigenvalue weighted by atomic mass is 35.5. The molecule has 3 aromatic rings. The zero-order chi connectivity index (χ0) is 23.9. The van der Waals surface area contributed by atoms with Gasteiger partial charge in [0.25, 0.3) is 0 Å². The number of rotatable bonds is 5. The maximum atomic E-state index is 14.8. The van der Waals surface area contributed by atoms with E-state index in [-0.39, 0.29) is 28.5 Å². The Balaban J connectivity index is 1.21. The molecule has 0 aliphatic carbocycles. The van der Waals surface area contributed by atoms with E-state index in [1.54, 1.807) is 36.7 Å². The zero-order valence-corrected chi connectivity index (χ0v) is 20.0. The van der Waals surface area contributed by atoms with Crippen molar-refractivity contribution in [1.29, 1.82) is 0 Å². The molecule has 0 radical (unpaired) electrons. The van der Waals surface area contributed by atoms with Crippen LogP contribution in [0.4, 0.5) is 10.3 Å². The third-order valence-electron chi connectivity index (χ3n) is 6.24. The van der Waals surface area contributed by atoms with E-state index in [9.17, 15) is 12.8 Å². The fourth-order valence-corrected chi connectivity index (χ4v) is 5.65. The molecule has 0 saturated carbocycles. The van der Waals surface area contributed by atoms with Crippen LogP contribution < -0.4 is 14.4 Å². The largest absolute Gasteiger partial charge is 0.490 e. The first-order valence-electron chi connectivity index (χ1n) is 11.0. The van der Waals surface area contributed by atoms with Crippen LogP contribution in [0.1, 0.15) is 19.8 Å². The summed E-state index contributed by atoms with van der Waals surface area (Å²) >= 11 is 5.88. The third kappa shape index (κ3) is 4.54. The molecule has 0 unspecified atom stereocenters. The standard InChI is InChI=1S/C24H23ClFN3O4S/c1-15-8-16(6-7-29(15)24-27-11-19(25)12-28-24)13-32-21-4-2-17(9-20(21)26)18-3-5-23-22(10-18)33-14-34(23,30)31/h2-5,9-12,15-16H,6-8,13-14H2,1H3/t15-,16-/m1/s1. The Morgan fingerprint density at radius 3 is 2.65 bits per heavy atom. The number of nitrogens with zero attached hydrogens (tertiary/aromatic N) is 3. The van der Waals surface area contributed by atoms with Crippen LogP contribution in [0.2, 0.25) is 5.02 Å². The van der Waals surface area contributed by atoms with Gasteiger partial charge in [0.2, 0.25) is 15.8 Å². The van der Waals surface area contributed by atoms with Crippen molar-refractivity contribution in [3.8, 4) is 22.6 Å². The van der Waals surface area contributed by atoms with E-state index < -0.39 is 15.7 Å². The van der Waals surface area contributed by atoms with Gasteiger partial charge in [-0.25, -0.2) is 22.8 Å². The van der Waals surface area contributed by atoms with Crippen molar-refractivity contribution in [2.75, 3.05) is 24.0 Å². The van der Waals surface area contributed by atoms with Crippen LogP contribution in [0.25, 0.3) is 11.1 Å². The Kier molecular flexibility index (Phi) is 6.07. The SMILES string of the molecule is C[C@@H]1C[C@H](COc2ccc(-c3ccc4c(c3)OCS4(=O)=O)cc2F)CCN1c1ncc(Cl)cn1. The number of aromatic nitrogens is 2. The molecule has 0 spiro atoms. The molecule has 1 fully saturated rings. The molecule has 3 heterocycles. The topological polar surface area (TPSA) is 81.6 Å². The molecule has 5 rings (SSSR count). The molecule has 2 atom stereocenters. The van der Waals surface area contributed by atoms with Gasteiger partial charge < -0.3 is 14.4 Å². The van der Waals surface area contributed by atoms with Gasteiger partial charge in [-0.3, -0.25) is 0 Å². The Labute approximate surface area is 202 Å². The van der Waals surface area contributed by atoms with Gasteiger partial charge in [-0.2, -0.15) is 0 Å². The van der Waals surface area contributed by atoms with Crippen molar-refractivity contribution in [3.63, 3.8) is 0 Å². The second-order valence-electron chi connectivity index (χ2n) is 8.63. The van der Waals surface area contributed by atoms with E-state index in [4.69, 9.17) is 21.1 Å². The van der Waals surface area contributed by atoms with Gasteiger partial charge >= 0.3 is 0 Å². The van der Waals surface area contributed by atoms with E-state index in [2.05, 4.69) is 21.8 Å². The smallest absolute Gasteiger partial charge is 0.225 e. The van der Waals surface area contributed by atoms with Gasteiger partial charge in [0.15, 0.2) is 17.5 Å². The summed E-state index contributed by atoms with van der Waals surface area (Å²) in [5.74, 6) is 0.604. The summed E-state index contributed by atoms with van der Waals surface area (Å²) in [6.45, 7) is 3.32. The minimum absolute atomic E-state index is 0.166. The first-order chi connectivity index (χ1) is 16.3. The molecule has 178 valence electrons. The van der Waals surface area contributed by atoms with E-state index >= 15 is 0 Å². The number of halogens is 2. The molecule has 1 aromatic heterocycles. The van der Waals surface area contributed by atoms with Crippen molar-refractivity contribution in [2.45, 2.75) is 30.7 Å². The van der Waals surface area contributed by atoms with Crippen LogP contribution in [0.3, 0.4) is 0 Å². The number of sulfone groups is 1. The molecule has 2 aliphatic rings. The summed E-state index contributed by atoms with van der Waals surface area (Å²) in [4.78, 5) is 10.9. The first kappa shape index (κ1) is 22.9. The number of hydrogen-bond acceptors (Lipinski definition) is 7. The maximum Gasteiger partial charge on any atom is 0.225 e.